The minimum Gasteiger partial charge on any atom is -0.492 e. The number of amides is 2. The number of carbonyl (C=O) groups is 2. The van der Waals surface area contributed by atoms with Crippen LogP contribution >= 0.6 is 23.2 Å². The van der Waals surface area contributed by atoms with Crippen LogP contribution in [0.5, 0.6) is 5.75 Å². The summed E-state index contributed by atoms with van der Waals surface area (Å²) in [6.07, 6.45) is 0. The van der Waals surface area contributed by atoms with Crippen LogP contribution in [0.1, 0.15) is 10.4 Å². The van der Waals surface area contributed by atoms with Crippen molar-refractivity contribution >= 4 is 35.0 Å². The minimum absolute atomic E-state index is 0.110. The zero-order chi connectivity index (χ0) is 18.2. The second-order valence-electron chi connectivity index (χ2n) is 5.28. The smallest absolute Gasteiger partial charge is 0.253 e. The van der Waals surface area contributed by atoms with Gasteiger partial charge in [-0.2, -0.15) is 0 Å². The molecule has 0 bridgehead atoms. The first-order valence-corrected chi connectivity index (χ1v) is 8.38. The van der Waals surface area contributed by atoms with Crippen LogP contribution in [0, 0.1) is 0 Å². The normalized spacial score (nSPS) is 10.2. The van der Waals surface area contributed by atoms with E-state index in [-0.39, 0.29) is 18.4 Å². The summed E-state index contributed by atoms with van der Waals surface area (Å²) in [6.45, 7) is 0.618. The standard InChI is InChI=1S/C18H18Cl2N2O3/c1-22(10-11-25-14-8-6-13(19)7-9-14)17(23)12-21-18(24)15-4-2-3-5-16(15)20/h2-9H,10-12H2,1H3,(H,21,24). The van der Waals surface area contributed by atoms with Crippen LogP contribution in [0.2, 0.25) is 10.0 Å². The maximum absolute atomic E-state index is 12.1. The van der Waals surface area contributed by atoms with E-state index in [0.717, 1.165) is 0 Å². The molecule has 0 saturated heterocycles. The van der Waals surface area contributed by atoms with Gasteiger partial charge < -0.3 is 15.0 Å². The van der Waals surface area contributed by atoms with Crippen LogP contribution in [0.15, 0.2) is 48.5 Å². The lowest BCUT2D eigenvalue weighted by Crippen LogP contribution is -2.39. The molecule has 0 fully saturated rings. The van der Waals surface area contributed by atoms with Gasteiger partial charge in [-0.15, -0.1) is 0 Å². The lowest BCUT2D eigenvalue weighted by Gasteiger charge is -2.18. The molecule has 0 spiro atoms. The minimum atomic E-state index is -0.384. The number of hydrogen-bond acceptors (Lipinski definition) is 3. The molecule has 2 rings (SSSR count). The third-order valence-electron chi connectivity index (χ3n) is 3.45. The molecule has 0 aliphatic rings. The summed E-state index contributed by atoms with van der Waals surface area (Å²) in [6, 6.07) is 13.7. The van der Waals surface area contributed by atoms with E-state index in [4.69, 9.17) is 27.9 Å². The summed E-state index contributed by atoms with van der Waals surface area (Å²) in [7, 11) is 1.65. The molecule has 0 aliphatic heterocycles. The Labute approximate surface area is 156 Å². The Bertz CT molecular complexity index is 735. The number of nitrogens with one attached hydrogen (secondary N) is 1. The molecule has 132 valence electrons. The molecule has 7 heteroatoms. The summed E-state index contributed by atoms with van der Waals surface area (Å²) in [5.41, 5.74) is 0.339. The van der Waals surface area contributed by atoms with Crippen LogP contribution in [-0.2, 0) is 4.79 Å². The van der Waals surface area contributed by atoms with Crippen molar-refractivity contribution in [2.75, 3.05) is 26.7 Å². The molecule has 0 aromatic heterocycles. The van der Waals surface area contributed by atoms with Crippen molar-refractivity contribution in [3.63, 3.8) is 0 Å². The average Bonchev–Trinajstić information content (AvgIpc) is 2.61. The molecule has 0 saturated carbocycles. The molecule has 0 radical (unpaired) electrons. The lowest BCUT2D eigenvalue weighted by atomic mass is 10.2. The number of carbonyl (C=O) groups excluding carboxylic acids is 2. The van der Waals surface area contributed by atoms with Gasteiger partial charge in [-0.05, 0) is 36.4 Å². The van der Waals surface area contributed by atoms with E-state index in [1.54, 1.807) is 55.6 Å². The molecule has 2 aromatic carbocycles. The Kier molecular flexibility index (Phi) is 7.10. The summed E-state index contributed by atoms with van der Waals surface area (Å²) in [5.74, 6) is 0.0714. The van der Waals surface area contributed by atoms with E-state index in [2.05, 4.69) is 5.32 Å². The molecule has 2 aromatic rings. The highest BCUT2D eigenvalue weighted by atomic mass is 35.5. The third kappa shape index (κ3) is 5.96. The fourth-order valence-corrected chi connectivity index (χ4v) is 2.33. The fraction of sp³-hybridized carbons (Fsp3) is 0.222. The number of halogens is 2. The van der Waals surface area contributed by atoms with Gasteiger partial charge in [0.15, 0.2) is 0 Å². The third-order valence-corrected chi connectivity index (χ3v) is 4.04. The second-order valence-corrected chi connectivity index (χ2v) is 6.12. The van der Waals surface area contributed by atoms with Gasteiger partial charge in [-0.1, -0.05) is 35.3 Å². The summed E-state index contributed by atoms with van der Waals surface area (Å²) >= 11 is 11.8. The van der Waals surface area contributed by atoms with Gasteiger partial charge in [0.05, 0.1) is 23.7 Å². The molecular formula is C18H18Cl2N2O3. The predicted octanol–water partition coefficient (Wildman–Crippen LogP) is 3.26. The molecule has 25 heavy (non-hydrogen) atoms. The molecular weight excluding hydrogens is 363 g/mol. The van der Waals surface area contributed by atoms with Crippen LogP contribution in [0.4, 0.5) is 0 Å². The SMILES string of the molecule is CN(CCOc1ccc(Cl)cc1)C(=O)CNC(=O)c1ccccc1Cl. The lowest BCUT2D eigenvalue weighted by molar-refractivity contribution is -0.129. The van der Waals surface area contributed by atoms with Crippen molar-refractivity contribution in [1.82, 2.24) is 10.2 Å². The van der Waals surface area contributed by atoms with Gasteiger partial charge in [-0.3, -0.25) is 9.59 Å². The maximum Gasteiger partial charge on any atom is 0.253 e. The zero-order valence-electron chi connectivity index (χ0n) is 13.7. The quantitative estimate of drug-likeness (QED) is 0.801. The Morgan fingerprint density at radius 1 is 1.08 bits per heavy atom. The summed E-state index contributed by atoms with van der Waals surface area (Å²) in [5, 5.41) is 3.54. The van der Waals surface area contributed by atoms with Crippen molar-refractivity contribution < 1.29 is 14.3 Å². The van der Waals surface area contributed by atoms with E-state index in [1.165, 1.54) is 4.90 Å². The van der Waals surface area contributed by atoms with Gasteiger partial charge in [0.2, 0.25) is 5.91 Å². The molecule has 0 heterocycles. The highest BCUT2D eigenvalue weighted by molar-refractivity contribution is 6.33. The van der Waals surface area contributed by atoms with E-state index in [1.807, 2.05) is 0 Å². The van der Waals surface area contributed by atoms with Gasteiger partial charge in [-0.25, -0.2) is 0 Å². The van der Waals surface area contributed by atoms with E-state index >= 15 is 0 Å². The van der Waals surface area contributed by atoms with Crippen LogP contribution in [0.25, 0.3) is 0 Å². The molecule has 0 atom stereocenters. The summed E-state index contributed by atoms with van der Waals surface area (Å²) in [4.78, 5) is 25.6. The molecule has 0 unspecified atom stereocenters. The highest BCUT2D eigenvalue weighted by Crippen LogP contribution is 2.15. The monoisotopic (exact) mass is 380 g/mol. The molecule has 2 amide bonds. The largest absolute Gasteiger partial charge is 0.492 e. The van der Waals surface area contributed by atoms with Gasteiger partial charge in [0, 0.05) is 12.1 Å². The van der Waals surface area contributed by atoms with Crippen LogP contribution in [0.3, 0.4) is 0 Å². The Morgan fingerprint density at radius 2 is 1.76 bits per heavy atom. The summed E-state index contributed by atoms with van der Waals surface area (Å²) < 4.78 is 5.54. The first-order chi connectivity index (χ1) is 12.0. The fourth-order valence-electron chi connectivity index (χ4n) is 1.99. The van der Waals surface area contributed by atoms with Crippen molar-refractivity contribution in [3.05, 3.63) is 64.1 Å². The first-order valence-electron chi connectivity index (χ1n) is 7.62. The Hall–Kier alpha value is -2.24. The topological polar surface area (TPSA) is 58.6 Å². The number of rotatable bonds is 7. The van der Waals surface area contributed by atoms with Crippen molar-refractivity contribution in [2.45, 2.75) is 0 Å². The highest BCUT2D eigenvalue weighted by Gasteiger charge is 2.13. The van der Waals surface area contributed by atoms with Crippen molar-refractivity contribution in [1.29, 1.82) is 0 Å². The van der Waals surface area contributed by atoms with Gasteiger partial charge >= 0.3 is 0 Å². The predicted molar refractivity (Wildman–Crippen MR) is 98.4 cm³/mol. The van der Waals surface area contributed by atoms with Gasteiger partial charge in [0.25, 0.3) is 5.91 Å². The van der Waals surface area contributed by atoms with Crippen molar-refractivity contribution in [2.24, 2.45) is 0 Å². The van der Waals surface area contributed by atoms with E-state index in [0.29, 0.717) is 34.5 Å². The molecule has 0 aliphatic carbocycles. The number of nitrogens with zero attached hydrogens (tertiary/aromatic N) is 1. The number of likely N-dealkylation sites (N-methyl/N-ethyl adjacent to an activating group) is 1. The Morgan fingerprint density at radius 3 is 2.44 bits per heavy atom. The van der Waals surface area contributed by atoms with E-state index < -0.39 is 0 Å². The van der Waals surface area contributed by atoms with E-state index in [9.17, 15) is 9.59 Å². The Balaban J connectivity index is 1.73. The van der Waals surface area contributed by atoms with Crippen LogP contribution in [-0.4, -0.2) is 43.5 Å². The van der Waals surface area contributed by atoms with Crippen LogP contribution < -0.4 is 10.1 Å². The first kappa shape index (κ1) is 19.1. The average molecular weight is 381 g/mol. The number of benzene rings is 2. The molecule has 1 N–H and O–H groups in total. The number of ether oxygens (including phenoxy) is 1. The van der Waals surface area contributed by atoms with Crippen molar-refractivity contribution in [3.8, 4) is 5.75 Å². The zero-order valence-corrected chi connectivity index (χ0v) is 15.2. The maximum atomic E-state index is 12.1. The number of hydrogen-bond donors (Lipinski definition) is 1. The molecule has 5 nitrogen and oxygen atoms in total. The second kappa shape index (κ2) is 9.30. The van der Waals surface area contributed by atoms with Gasteiger partial charge in [0.1, 0.15) is 12.4 Å².